The molecular weight excluding hydrogens is 266 g/mol. The Labute approximate surface area is 123 Å². The number of hydrogen-bond acceptors (Lipinski definition) is 4. The van der Waals surface area contributed by atoms with E-state index in [0.29, 0.717) is 0 Å². The van der Waals surface area contributed by atoms with E-state index in [1.54, 1.807) is 13.3 Å². The van der Waals surface area contributed by atoms with Gasteiger partial charge in [-0.15, -0.1) is 0 Å². The number of benzene rings is 1. The molecule has 1 N–H and O–H groups in total. The van der Waals surface area contributed by atoms with Crippen molar-refractivity contribution < 1.29 is 9.15 Å². The minimum atomic E-state index is -0.0927. The predicted molar refractivity (Wildman–Crippen MR) is 81.5 cm³/mol. The summed E-state index contributed by atoms with van der Waals surface area (Å²) in [4.78, 5) is 0. The van der Waals surface area contributed by atoms with Crippen molar-refractivity contribution in [3.8, 4) is 5.75 Å². The first kappa shape index (κ1) is 13.7. The molecule has 0 bridgehead atoms. The van der Waals surface area contributed by atoms with Crippen molar-refractivity contribution in [2.24, 2.45) is 7.05 Å². The van der Waals surface area contributed by atoms with Gasteiger partial charge < -0.3 is 14.5 Å². The zero-order valence-corrected chi connectivity index (χ0v) is 12.5. The molecule has 3 aromatic rings. The predicted octanol–water partition coefficient (Wildman–Crippen LogP) is 2.87. The van der Waals surface area contributed by atoms with E-state index in [-0.39, 0.29) is 6.04 Å². The average Bonchev–Trinajstić information content (AvgIpc) is 3.08. The first-order valence-electron chi connectivity index (χ1n) is 7.02. The van der Waals surface area contributed by atoms with Crippen molar-refractivity contribution in [3.63, 3.8) is 0 Å². The molecule has 3 rings (SSSR count). The van der Waals surface area contributed by atoms with Gasteiger partial charge >= 0.3 is 0 Å². The van der Waals surface area contributed by atoms with Gasteiger partial charge in [0.1, 0.15) is 23.1 Å². The summed E-state index contributed by atoms with van der Waals surface area (Å²) in [5.74, 6) is 1.61. The van der Waals surface area contributed by atoms with E-state index in [1.165, 1.54) is 0 Å². The molecule has 2 aromatic heterocycles. The fourth-order valence-corrected chi connectivity index (χ4v) is 2.59. The zero-order valence-electron chi connectivity index (χ0n) is 12.5. The van der Waals surface area contributed by atoms with Gasteiger partial charge in [-0.05, 0) is 18.7 Å². The van der Waals surface area contributed by atoms with Gasteiger partial charge in [-0.3, -0.25) is 4.68 Å². The molecule has 0 aliphatic carbocycles. The molecular formula is C16H19N3O2. The van der Waals surface area contributed by atoms with Gasteiger partial charge in [-0.25, -0.2) is 0 Å². The summed E-state index contributed by atoms with van der Waals surface area (Å²) < 4.78 is 13.2. The number of furan rings is 1. The maximum atomic E-state index is 6.00. The third-order valence-electron chi connectivity index (χ3n) is 3.58. The minimum Gasteiger partial charge on any atom is -0.493 e. The first-order chi connectivity index (χ1) is 10.2. The van der Waals surface area contributed by atoms with Crippen LogP contribution >= 0.6 is 0 Å². The van der Waals surface area contributed by atoms with E-state index < -0.39 is 0 Å². The number of ether oxygens (including phenoxy) is 1. The normalized spacial score (nSPS) is 12.7. The molecule has 1 unspecified atom stereocenters. The van der Waals surface area contributed by atoms with Crippen molar-refractivity contribution in [2.75, 3.05) is 13.7 Å². The summed E-state index contributed by atoms with van der Waals surface area (Å²) in [5.41, 5.74) is 1.84. The van der Waals surface area contributed by atoms with Gasteiger partial charge in [0, 0.05) is 12.4 Å². The van der Waals surface area contributed by atoms with E-state index in [9.17, 15) is 0 Å². The fraction of sp³-hybridized carbons (Fsp3) is 0.312. The van der Waals surface area contributed by atoms with Crippen LogP contribution in [0.4, 0.5) is 0 Å². The van der Waals surface area contributed by atoms with Gasteiger partial charge in [0.05, 0.1) is 13.3 Å². The molecule has 5 heteroatoms. The molecule has 0 amide bonds. The number of para-hydroxylation sites is 1. The van der Waals surface area contributed by atoms with E-state index in [2.05, 4.69) is 23.4 Å². The molecule has 0 aliphatic heterocycles. The zero-order chi connectivity index (χ0) is 14.8. The topological polar surface area (TPSA) is 52.2 Å². The Hall–Kier alpha value is -2.27. The summed E-state index contributed by atoms with van der Waals surface area (Å²) >= 11 is 0. The van der Waals surface area contributed by atoms with Crippen LogP contribution < -0.4 is 10.1 Å². The Kier molecular flexibility index (Phi) is 3.66. The molecule has 110 valence electrons. The lowest BCUT2D eigenvalue weighted by Crippen LogP contribution is -2.24. The van der Waals surface area contributed by atoms with Crippen LogP contribution in [0, 0.1) is 0 Å². The standard InChI is InChI=1S/C16H19N3O2/c1-4-17-15(16-14(20-3)10-18-19(16)2)13-9-11-7-5-6-8-12(11)21-13/h5-10,15,17H,4H2,1-3H3. The largest absolute Gasteiger partial charge is 0.493 e. The van der Waals surface area contributed by atoms with Gasteiger partial charge in [0.2, 0.25) is 0 Å². The minimum absolute atomic E-state index is 0.0927. The number of fused-ring (bicyclic) bond motifs is 1. The van der Waals surface area contributed by atoms with E-state index in [4.69, 9.17) is 9.15 Å². The summed E-state index contributed by atoms with van der Waals surface area (Å²) in [6.45, 7) is 2.88. The van der Waals surface area contributed by atoms with Gasteiger partial charge in [-0.2, -0.15) is 5.10 Å². The van der Waals surface area contributed by atoms with E-state index >= 15 is 0 Å². The van der Waals surface area contributed by atoms with E-state index in [0.717, 1.165) is 34.7 Å². The number of aromatic nitrogens is 2. The molecule has 0 aliphatic rings. The highest BCUT2D eigenvalue weighted by Crippen LogP contribution is 2.32. The Bertz CT molecular complexity index is 712. The second kappa shape index (κ2) is 5.61. The smallest absolute Gasteiger partial charge is 0.162 e. The van der Waals surface area contributed by atoms with Crippen LogP contribution in [0.15, 0.2) is 40.9 Å². The second-order valence-electron chi connectivity index (χ2n) is 4.90. The van der Waals surface area contributed by atoms with Crippen LogP contribution in [-0.2, 0) is 7.05 Å². The monoisotopic (exact) mass is 285 g/mol. The Morgan fingerprint density at radius 2 is 2.19 bits per heavy atom. The number of aryl methyl sites for hydroxylation is 1. The summed E-state index contributed by atoms with van der Waals surface area (Å²) in [6, 6.07) is 9.98. The number of hydrogen-bond donors (Lipinski definition) is 1. The molecule has 0 radical (unpaired) electrons. The third-order valence-corrected chi connectivity index (χ3v) is 3.58. The van der Waals surface area contributed by atoms with Crippen LogP contribution in [0.25, 0.3) is 11.0 Å². The average molecular weight is 285 g/mol. The highest BCUT2D eigenvalue weighted by atomic mass is 16.5. The second-order valence-corrected chi connectivity index (χ2v) is 4.90. The summed E-state index contributed by atoms with van der Waals surface area (Å²) in [7, 11) is 3.56. The third kappa shape index (κ3) is 2.40. The van der Waals surface area contributed by atoms with Crippen molar-refractivity contribution in [2.45, 2.75) is 13.0 Å². The van der Waals surface area contributed by atoms with E-state index in [1.807, 2.05) is 36.0 Å². The molecule has 1 aromatic carbocycles. The van der Waals surface area contributed by atoms with Crippen molar-refractivity contribution >= 4 is 11.0 Å². The lowest BCUT2D eigenvalue weighted by Gasteiger charge is -2.17. The number of nitrogens with zero attached hydrogens (tertiary/aromatic N) is 2. The molecule has 1 atom stereocenters. The van der Waals surface area contributed by atoms with Gasteiger partial charge in [-0.1, -0.05) is 25.1 Å². The molecule has 5 nitrogen and oxygen atoms in total. The maximum Gasteiger partial charge on any atom is 0.162 e. The highest BCUT2D eigenvalue weighted by Gasteiger charge is 2.24. The van der Waals surface area contributed by atoms with Crippen LogP contribution in [-0.4, -0.2) is 23.4 Å². The van der Waals surface area contributed by atoms with Crippen molar-refractivity contribution in [1.29, 1.82) is 0 Å². The number of rotatable bonds is 5. The SMILES string of the molecule is CCNC(c1cc2ccccc2o1)c1c(OC)cnn1C. The Morgan fingerprint density at radius 3 is 2.90 bits per heavy atom. The fourth-order valence-electron chi connectivity index (χ4n) is 2.59. The number of nitrogens with one attached hydrogen (secondary N) is 1. The van der Waals surface area contributed by atoms with Crippen LogP contribution in [0.3, 0.4) is 0 Å². The lowest BCUT2D eigenvalue weighted by molar-refractivity contribution is 0.391. The van der Waals surface area contributed by atoms with Crippen LogP contribution in [0.1, 0.15) is 24.4 Å². The summed E-state index contributed by atoms with van der Waals surface area (Å²) in [6.07, 6.45) is 1.72. The molecule has 2 heterocycles. The molecule has 0 spiro atoms. The Balaban J connectivity index is 2.10. The maximum absolute atomic E-state index is 6.00. The molecule has 0 saturated carbocycles. The molecule has 0 fully saturated rings. The highest BCUT2D eigenvalue weighted by molar-refractivity contribution is 5.78. The molecule has 21 heavy (non-hydrogen) atoms. The number of methoxy groups -OCH3 is 1. The van der Waals surface area contributed by atoms with Crippen molar-refractivity contribution in [3.05, 3.63) is 48.0 Å². The summed E-state index contributed by atoms with van der Waals surface area (Å²) in [5, 5.41) is 8.82. The van der Waals surface area contributed by atoms with Crippen LogP contribution in [0.2, 0.25) is 0 Å². The van der Waals surface area contributed by atoms with Gasteiger partial charge in [0.15, 0.2) is 5.75 Å². The molecule has 0 saturated heterocycles. The lowest BCUT2D eigenvalue weighted by atomic mass is 10.1. The first-order valence-corrected chi connectivity index (χ1v) is 7.02. The van der Waals surface area contributed by atoms with Gasteiger partial charge in [0.25, 0.3) is 0 Å². The van der Waals surface area contributed by atoms with Crippen LogP contribution in [0.5, 0.6) is 5.75 Å². The quantitative estimate of drug-likeness (QED) is 0.783. The van der Waals surface area contributed by atoms with Crippen molar-refractivity contribution in [1.82, 2.24) is 15.1 Å². The Morgan fingerprint density at radius 1 is 1.38 bits per heavy atom.